The van der Waals surface area contributed by atoms with Crippen LogP contribution in [-0.2, 0) is 5.41 Å². The summed E-state index contributed by atoms with van der Waals surface area (Å²) in [5.74, 6) is -2.72. The highest BCUT2D eigenvalue weighted by molar-refractivity contribution is 5.42. The van der Waals surface area contributed by atoms with Gasteiger partial charge in [0, 0.05) is 24.8 Å². The molecular formula is C13H15F4NO. The van der Waals surface area contributed by atoms with Gasteiger partial charge in [0.15, 0.2) is 0 Å². The van der Waals surface area contributed by atoms with Gasteiger partial charge in [-0.1, -0.05) is 12.1 Å². The molecule has 1 saturated carbocycles. The van der Waals surface area contributed by atoms with Crippen LogP contribution >= 0.6 is 0 Å². The van der Waals surface area contributed by atoms with E-state index in [-0.39, 0.29) is 25.1 Å². The Balaban J connectivity index is 2.30. The number of benzene rings is 1. The monoisotopic (exact) mass is 277 g/mol. The number of aryl methyl sites for hydroxylation is 1. The Hall–Kier alpha value is -1.30. The minimum Gasteiger partial charge on any atom is -0.435 e. The Morgan fingerprint density at radius 1 is 1.32 bits per heavy atom. The third-order valence-electron chi connectivity index (χ3n) is 3.60. The van der Waals surface area contributed by atoms with Gasteiger partial charge in [0.05, 0.1) is 0 Å². The third-order valence-corrected chi connectivity index (χ3v) is 3.60. The van der Waals surface area contributed by atoms with Gasteiger partial charge in [0.25, 0.3) is 0 Å². The lowest BCUT2D eigenvalue weighted by molar-refractivity contribution is -0.124. The molecule has 0 radical (unpaired) electrons. The van der Waals surface area contributed by atoms with Crippen molar-refractivity contribution in [3.63, 3.8) is 0 Å². The average molecular weight is 277 g/mol. The molecule has 0 saturated heterocycles. The predicted octanol–water partition coefficient (Wildman–Crippen LogP) is 3.22. The molecule has 0 unspecified atom stereocenters. The first-order valence-corrected chi connectivity index (χ1v) is 5.92. The Morgan fingerprint density at radius 2 is 1.95 bits per heavy atom. The predicted molar refractivity (Wildman–Crippen MR) is 62.7 cm³/mol. The maximum Gasteiger partial charge on any atom is 0.387 e. The van der Waals surface area contributed by atoms with Crippen molar-refractivity contribution < 1.29 is 22.3 Å². The molecule has 2 rings (SSSR count). The molecule has 1 aliphatic rings. The Bertz CT molecular complexity index is 468. The molecule has 6 heteroatoms. The van der Waals surface area contributed by atoms with Gasteiger partial charge in [-0.2, -0.15) is 8.78 Å². The zero-order valence-electron chi connectivity index (χ0n) is 10.4. The van der Waals surface area contributed by atoms with Gasteiger partial charge in [0.2, 0.25) is 5.92 Å². The number of rotatable bonds is 4. The number of hydrogen-bond donors (Lipinski definition) is 1. The smallest absolute Gasteiger partial charge is 0.387 e. The van der Waals surface area contributed by atoms with Gasteiger partial charge >= 0.3 is 6.61 Å². The summed E-state index contributed by atoms with van der Waals surface area (Å²) in [7, 11) is 0. The molecule has 0 bridgehead atoms. The zero-order valence-corrected chi connectivity index (χ0v) is 10.4. The van der Waals surface area contributed by atoms with Gasteiger partial charge in [-0.05, 0) is 24.1 Å². The molecule has 0 aromatic heterocycles. The standard InChI is InChI=1S/C13H15F4NO/c1-8-2-3-9(4-10(8)19-11(14)15)12(7-18)5-13(16,17)6-12/h2-4,11H,5-7,18H2,1H3. The van der Waals surface area contributed by atoms with Crippen molar-refractivity contribution in [3.8, 4) is 5.75 Å². The van der Waals surface area contributed by atoms with Crippen molar-refractivity contribution in [2.45, 2.75) is 37.7 Å². The minimum atomic E-state index is -2.94. The molecule has 106 valence electrons. The van der Waals surface area contributed by atoms with Crippen molar-refractivity contribution in [2.75, 3.05) is 6.54 Å². The van der Waals surface area contributed by atoms with Gasteiger partial charge < -0.3 is 10.5 Å². The minimum absolute atomic E-state index is 0.00976. The van der Waals surface area contributed by atoms with Crippen LogP contribution in [0.25, 0.3) is 0 Å². The average Bonchev–Trinajstić information content (AvgIpc) is 2.27. The summed E-state index contributed by atoms with van der Waals surface area (Å²) in [5, 5.41) is 0. The van der Waals surface area contributed by atoms with E-state index >= 15 is 0 Å². The summed E-state index contributed by atoms with van der Waals surface area (Å²) >= 11 is 0. The summed E-state index contributed by atoms with van der Waals surface area (Å²) < 4.78 is 55.1. The van der Waals surface area contributed by atoms with Crippen LogP contribution in [0.15, 0.2) is 18.2 Å². The van der Waals surface area contributed by atoms with Crippen molar-refractivity contribution in [1.82, 2.24) is 0 Å². The fourth-order valence-corrected chi connectivity index (χ4v) is 2.56. The van der Waals surface area contributed by atoms with Gasteiger partial charge in [-0.15, -0.1) is 0 Å². The van der Waals surface area contributed by atoms with Crippen molar-refractivity contribution in [3.05, 3.63) is 29.3 Å². The lowest BCUT2D eigenvalue weighted by Gasteiger charge is -2.47. The SMILES string of the molecule is Cc1ccc(C2(CN)CC(F)(F)C2)cc1OC(F)F. The number of nitrogens with two attached hydrogens (primary N) is 1. The van der Waals surface area contributed by atoms with E-state index < -0.39 is 17.9 Å². The number of ether oxygens (including phenoxy) is 1. The van der Waals surface area contributed by atoms with E-state index in [0.717, 1.165) is 0 Å². The van der Waals surface area contributed by atoms with Crippen LogP contribution in [0.2, 0.25) is 0 Å². The number of halogens is 4. The lowest BCUT2D eigenvalue weighted by atomic mass is 9.62. The Kier molecular flexibility index (Phi) is 3.47. The molecule has 1 aliphatic carbocycles. The maximum absolute atomic E-state index is 13.1. The molecule has 2 nitrogen and oxygen atoms in total. The van der Waals surface area contributed by atoms with Crippen LogP contribution in [0.1, 0.15) is 24.0 Å². The quantitative estimate of drug-likeness (QED) is 0.858. The van der Waals surface area contributed by atoms with Crippen LogP contribution in [0.5, 0.6) is 5.75 Å². The molecule has 0 amide bonds. The topological polar surface area (TPSA) is 35.2 Å². The second-order valence-corrected chi connectivity index (χ2v) is 5.05. The van der Waals surface area contributed by atoms with Gasteiger partial charge in [-0.25, -0.2) is 8.78 Å². The highest BCUT2D eigenvalue weighted by Crippen LogP contribution is 2.53. The van der Waals surface area contributed by atoms with Crippen LogP contribution < -0.4 is 10.5 Å². The fourth-order valence-electron chi connectivity index (χ4n) is 2.56. The van der Waals surface area contributed by atoms with Crippen LogP contribution in [-0.4, -0.2) is 19.1 Å². The van der Waals surface area contributed by atoms with E-state index in [1.165, 1.54) is 6.07 Å². The van der Waals surface area contributed by atoms with E-state index in [4.69, 9.17) is 5.73 Å². The van der Waals surface area contributed by atoms with Crippen molar-refractivity contribution in [2.24, 2.45) is 5.73 Å². The van der Waals surface area contributed by atoms with Gasteiger partial charge in [-0.3, -0.25) is 0 Å². The largest absolute Gasteiger partial charge is 0.435 e. The molecule has 0 spiro atoms. The first-order valence-electron chi connectivity index (χ1n) is 5.92. The number of hydrogen-bond acceptors (Lipinski definition) is 2. The summed E-state index contributed by atoms with van der Waals surface area (Å²) in [6, 6.07) is 4.63. The van der Waals surface area contributed by atoms with E-state index in [0.29, 0.717) is 11.1 Å². The Morgan fingerprint density at radius 3 is 2.42 bits per heavy atom. The van der Waals surface area contributed by atoms with Crippen molar-refractivity contribution in [1.29, 1.82) is 0 Å². The van der Waals surface area contributed by atoms with Gasteiger partial charge in [0.1, 0.15) is 5.75 Å². The lowest BCUT2D eigenvalue weighted by Crippen LogP contribution is -2.53. The van der Waals surface area contributed by atoms with E-state index in [1.54, 1.807) is 19.1 Å². The second kappa shape index (κ2) is 4.67. The Labute approximate surface area is 108 Å². The van der Waals surface area contributed by atoms with Crippen molar-refractivity contribution >= 4 is 0 Å². The molecule has 19 heavy (non-hydrogen) atoms. The summed E-state index contributed by atoms with van der Waals surface area (Å²) in [5.41, 5.74) is 5.81. The van der Waals surface area contributed by atoms with Crippen LogP contribution in [0, 0.1) is 6.92 Å². The molecule has 0 heterocycles. The number of alkyl halides is 4. The molecule has 0 atom stereocenters. The molecule has 0 aliphatic heterocycles. The fraction of sp³-hybridized carbons (Fsp3) is 0.538. The van der Waals surface area contributed by atoms with E-state index in [9.17, 15) is 17.6 Å². The second-order valence-electron chi connectivity index (χ2n) is 5.05. The first kappa shape index (κ1) is 14.1. The molecular weight excluding hydrogens is 262 g/mol. The van der Waals surface area contributed by atoms with E-state index in [1.807, 2.05) is 0 Å². The third kappa shape index (κ3) is 2.68. The summed E-state index contributed by atoms with van der Waals surface area (Å²) in [6.07, 6.45) is -0.707. The van der Waals surface area contributed by atoms with E-state index in [2.05, 4.69) is 4.74 Å². The molecule has 1 aromatic rings. The first-order chi connectivity index (χ1) is 8.78. The normalized spacial score (nSPS) is 20.2. The highest BCUT2D eigenvalue weighted by Gasteiger charge is 2.56. The highest BCUT2D eigenvalue weighted by atomic mass is 19.3. The summed E-state index contributed by atoms with van der Waals surface area (Å²) in [4.78, 5) is 0. The summed E-state index contributed by atoms with van der Waals surface area (Å²) in [6.45, 7) is -1.27. The molecule has 1 aromatic carbocycles. The maximum atomic E-state index is 13.1. The molecule has 1 fully saturated rings. The zero-order chi connectivity index (χ0) is 14.3. The van der Waals surface area contributed by atoms with Crippen LogP contribution in [0.4, 0.5) is 17.6 Å². The molecule has 2 N–H and O–H groups in total. The van der Waals surface area contributed by atoms with Crippen LogP contribution in [0.3, 0.4) is 0 Å².